The molecule has 2 amide bonds. The number of hydrogen-bond donors (Lipinski definition) is 2. The molecule has 0 fully saturated rings. The zero-order valence-corrected chi connectivity index (χ0v) is 17.6. The van der Waals surface area contributed by atoms with E-state index in [0.29, 0.717) is 0 Å². The minimum Gasteiger partial charge on any atom is -0.368 e. The summed E-state index contributed by atoms with van der Waals surface area (Å²) in [5, 5.41) is 2.43. The summed E-state index contributed by atoms with van der Waals surface area (Å²) in [6, 6.07) is 0. The van der Waals surface area contributed by atoms with Gasteiger partial charge in [-0.1, -0.05) is 43.7 Å². The van der Waals surface area contributed by atoms with Gasteiger partial charge < -0.3 is 11.1 Å². The Morgan fingerprint density at radius 1 is 1.19 bits per heavy atom. The van der Waals surface area contributed by atoms with Crippen molar-refractivity contribution < 1.29 is 9.59 Å². The molecule has 148 valence electrons. The van der Waals surface area contributed by atoms with Crippen LogP contribution >= 0.6 is 0 Å². The van der Waals surface area contributed by atoms with Crippen molar-refractivity contribution in [2.75, 3.05) is 6.54 Å². The molecule has 0 saturated carbocycles. The van der Waals surface area contributed by atoms with Crippen molar-refractivity contribution in [1.82, 2.24) is 5.32 Å². The van der Waals surface area contributed by atoms with Crippen molar-refractivity contribution in [2.24, 2.45) is 11.1 Å². The highest BCUT2D eigenvalue weighted by atomic mass is 16.2. The third-order valence-electron chi connectivity index (χ3n) is 5.03. The zero-order chi connectivity index (χ0) is 20.6. The summed E-state index contributed by atoms with van der Waals surface area (Å²) in [5.74, 6) is -0.882. The van der Waals surface area contributed by atoms with E-state index in [0.717, 1.165) is 5.57 Å². The largest absolute Gasteiger partial charge is 0.368 e. The number of nitrogens with one attached hydrogen (secondary N) is 1. The van der Waals surface area contributed by atoms with Crippen LogP contribution in [0.1, 0.15) is 60.8 Å². The first-order valence-electron chi connectivity index (χ1n) is 9.51. The maximum atomic E-state index is 11.6. The number of allylic oxidation sites excluding steroid dienone is 9. The first-order valence-corrected chi connectivity index (χ1v) is 9.51. The van der Waals surface area contributed by atoms with Crippen LogP contribution in [-0.4, -0.2) is 18.4 Å². The normalized spacial score (nSPS) is 18.8. The van der Waals surface area contributed by atoms with E-state index < -0.39 is 5.91 Å². The van der Waals surface area contributed by atoms with Crippen LogP contribution in [-0.2, 0) is 9.59 Å². The Balaban J connectivity index is 2.82. The van der Waals surface area contributed by atoms with Crippen molar-refractivity contribution in [3.8, 4) is 0 Å². The molecule has 0 aromatic carbocycles. The second-order valence-electron chi connectivity index (χ2n) is 8.04. The molecular weight excluding hydrogens is 336 g/mol. The molecule has 0 bridgehead atoms. The molecule has 0 unspecified atom stereocenters. The van der Waals surface area contributed by atoms with Crippen LogP contribution in [0.3, 0.4) is 0 Å². The molecule has 1 aliphatic rings. The van der Waals surface area contributed by atoms with Crippen molar-refractivity contribution in [3.05, 3.63) is 58.2 Å². The number of rotatable bonds is 7. The molecule has 0 saturated heterocycles. The van der Waals surface area contributed by atoms with Gasteiger partial charge in [0.15, 0.2) is 0 Å². The van der Waals surface area contributed by atoms with Gasteiger partial charge in [-0.3, -0.25) is 9.59 Å². The number of carbonyl (C=O) groups is 2. The summed E-state index contributed by atoms with van der Waals surface area (Å²) in [4.78, 5) is 22.3. The molecule has 27 heavy (non-hydrogen) atoms. The lowest BCUT2D eigenvalue weighted by Crippen LogP contribution is -2.32. The lowest BCUT2D eigenvalue weighted by Gasteiger charge is -2.33. The van der Waals surface area contributed by atoms with E-state index in [-0.39, 0.29) is 17.9 Å². The highest BCUT2D eigenvalue weighted by molar-refractivity contribution is 5.91. The van der Waals surface area contributed by atoms with E-state index in [2.05, 4.69) is 52.1 Å². The van der Waals surface area contributed by atoms with Crippen LogP contribution in [0.4, 0.5) is 0 Å². The molecule has 1 aliphatic carbocycles. The van der Waals surface area contributed by atoms with Gasteiger partial charge in [0.25, 0.3) is 0 Å². The maximum Gasteiger partial charge on any atom is 0.244 e. The molecule has 4 nitrogen and oxygen atoms in total. The van der Waals surface area contributed by atoms with E-state index in [4.69, 9.17) is 5.73 Å². The lowest BCUT2D eigenvalue weighted by molar-refractivity contribution is -0.122. The van der Waals surface area contributed by atoms with Crippen molar-refractivity contribution >= 4 is 11.8 Å². The Bertz CT molecular complexity index is 731. The molecule has 4 heteroatoms. The maximum absolute atomic E-state index is 11.6. The number of nitrogens with two attached hydrogens (primary N) is 1. The molecule has 0 aliphatic heterocycles. The van der Waals surface area contributed by atoms with Gasteiger partial charge in [-0.15, -0.1) is 0 Å². The monoisotopic (exact) mass is 370 g/mol. The van der Waals surface area contributed by atoms with Gasteiger partial charge in [0.2, 0.25) is 11.8 Å². The summed E-state index contributed by atoms with van der Waals surface area (Å²) in [5.41, 5.74) is 11.4. The Morgan fingerprint density at radius 3 is 2.44 bits per heavy atom. The number of carbonyl (C=O) groups excluding carboxylic acids is 2. The summed E-state index contributed by atoms with van der Waals surface area (Å²) >= 11 is 0. The Labute approximate surface area is 164 Å². The van der Waals surface area contributed by atoms with E-state index in [1.165, 1.54) is 47.6 Å². The molecule has 0 aromatic rings. The SMILES string of the molecule is CC1=C(/C=C(C)/C(C)=C/C=C/C(C)=C/C(=O)NCC(N)=O)C(C)(C)CCC1. The number of hydrogen-bond acceptors (Lipinski definition) is 2. The van der Waals surface area contributed by atoms with Crippen LogP contribution in [0.15, 0.2) is 58.2 Å². The van der Waals surface area contributed by atoms with Crippen molar-refractivity contribution in [2.45, 2.75) is 60.8 Å². The van der Waals surface area contributed by atoms with Crippen LogP contribution in [0.2, 0.25) is 0 Å². The summed E-state index contributed by atoms with van der Waals surface area (Å²) in [6.07, 6.45) is 13.3. The highest BCUT2D eigenvalue weighted by Gasteiger charge is 2.26. The van der Waals surface area contributed by atoms with Gasteiger partial charge >= 0.3 is 0 Å². The molecule has 0 atom stereocenters. The van der Waals surface area contributed by atoms with E-state index >= 15 is 0 Å². The second kappa shape index (κ2) is 10.1. The zero-order valence-electron chi connectivity index (χ0n) is 17.6. The molecule has 0 aromatic heterocycles. The molecule has 0 radical (unpaired) electrons. The molecular formula is C23H34N2O2. The molecule has 1 rings (SSSR count). The quantitative estimate of drug-likeness (QED) is 0.511. The van der Waals surface area contributed by atoms with Crippen LogP contribution in [0.5, 0.6) is 0 Å². The first-order chi connectivity index (χ1) is 12.5. The molecule has 3 N–H and O–H groups in total. The summed E-state index contributed by atoms with van der Waals surface area (Å²) in [6.45, 7) is 12.8. The van der Waals surface area contributed by atoms with E-state index in [1.54, 1.807) is 0 Å². The lowest BCUT2D eigenvalue weighted by atomic mass is 9.72. The minimum atomic E-state index is -0.558. The average molecular weight is 371 g/mol. The average Bonchev–Trinajstić information content (AvgIpc) is 2.55. The predicted octanol–water partition coefficient (Wildman–Crippen LogP) is 4.51. The van der Waals surface area contributed by atoms with Gasteiger partial charge in [0.05, 0.1) is 6.54 Å². The van der Waals surface area contributed by atoms with Gasteiger partial charge in [-0.05, 0) is 74.7 Å². The Kier molecular flexibility index (Phi) is 8.48. The number of primary amides is 1. The van der Waals surface area contributed by atoms with Crippen LogP contribution < -0.4 is 11.1 Å². The van der Waals surface area contributed by atoms with Crippen LogP contribution in [0, 0.1) is 5.41 Å². The van der Waals surface area contributed by atoms with Gasteiger partial charge in [0.1, 0.15) is 0 Å². The topological polar surface area (TPSA) is 72.2 Å². The Hall–Kier alpha value is -2.36. The molecule has 0 spiro atoms. The second-order valence-corrected chi connectivity index (χ2v) is 8.04. The third-order valence-corrected chi connectivity index (χ3v) is 5.03. The van der Waals surface area contributed by atoms with Crippen LogP contribution in [0.25, 0.3) is 0 Å². The van der Waals surface area contributed by atoms with Gasteiger partial charge in [0, 0.05) is 6.08 Å². The molecule has 0 heterocycles. The third kappa shape index (κ3) is 7.81. The summed E-state index contributed by atoms with van der Waals surface area (Å²) in [7, 11) is 0. The number of amides is 2. The Morgan fingerprint density at radius 2 is 1.85 bits per heavy atom. The van der Waals surface area contributed by atoms with Crippen molar-refractivity contribution in [1.29, 1.82) is 0 Å². The van der Waals surface area contributed by atoms with Gasteiger partial charge in [-0.25, -0.2) is 0 Å². The predicted molar refractivity (Wildman–Crippen MR) is 113 cm³/mol. The summed E-state index contributed by atoms with van der Waals surface area (Å²) < 4.78 is 0. The standard InChI is InChI=1S/C23H34N2O2/c1-16(13-22(27)25-15-21(24)26)9-7-10-17(2)19(4)14-20-18(3)11-8-12-23(20,5)6/h7,9-10,13-14H,8,11-12,15H2,1-6H3,(H2,24,26)(H,25,27)/b9-7+,16-13+,17-10+,19-14+. The highest BCUT2D eigenvalue weighted by Crippen LogP contribution is 2.41. The smallest absolute Gasteiger partial charge is 0.244 e. The van der Waals surface area contributed by atoms with Crippen molar-refractivity contribution in [3.63, 3.8) is 0 Å². The van der Waals surface area contributed by atoms with E-state index in [1.807, 2.05) is 19.1 Å². The van der Waals surface area contributed by atoms with E-state index in [9.17, 15) is 9.59 Å². The van der Waals surface area contributed by atoms with Gasteiger partial charge in [-0.2, -0.15) is 0 Å². The minimum absolute atomic E-state index is 0.152. The fraction of sp³-hybridized carbons (Fsp3) is 0.478. The first kappa shape index (κ1) is 22.7. The fourth-order valence-electron chi connectivity index (χ4n) is 3.25. The fourth-order valence-corrected chi connectivity index (χ4v) is 3.25.